The van der Waals surface area contributed by atoms with Crippen molar-refractivity contribution in [3.63, 3.8) is 0 Å². The molecule has 2 aromatic rings. The van der Waals surface area contributed by atoms with Crippen molar-refractivity contribution in [1.82, 2.24) is 9.97 Å². The quantitative estimate of drug-likeness (QED) is 0.793. The van der Waals surface area contributed by atoms with Gasteiger partial charge in [-0.3, -0.25) is 0 Å². The standard InChI is InChI=1S/C13H16IN3OS/c1-4-15-12-10(14)9(7-18-3)16-13(17-12)11-8(2)5-6-19-11/h5-6H,4,7H2,1-3H3,(H,15,16,17). The third kappa shape index (κ3) is 3.24. The van der Waals surface area contributed by atoms with Gasteiger partial charge in [-0.2, -0.15) is 0 Å². The molecule has 4 nitrogen and oxygen atoms in total. The highest BCUT2D eigenvalue weighted by molar-refractivity contribution is 14.1. The lowest BCUT2D eigenvalue weighted by Gasteiger charge is -2.11. The Bertz CT molecular complexity index is 544. The van der Waals surface area contributed by atoms with Crippen LogP contribution in [0.15, 0.2) is 11.4 Å². The van der Waals surface area contributed by atoms with E-state index in [9.17, 15) is 0 Å². The van der Waals surface area contributed by atoms with Crippen molar-refractivity contribution in [2.75, 3.05) is 19.0 Å². The van der Waals surface area contributed by atoms with Crippen LogP contribution in [0.25, 0.3) is 10.7 Å². The van der Waals surface area contributed by atoms with E-state index in [0.29, 0.717) is 6.61 Å². The number of aryl methyl sites for hydroxylation is 1. The average molecular weight is 389 g/mol. The van der Waals surface area contributed by atoms with Crippen LogP contribution in [0.4, 0.5) is 5.82 Å². The minimum absolute atomic E-state index is 0.497. The summed E-state index contributed by atoms with van der Waals surface area (Å²) in [6.07, 6.45) is 0. The van der Waals surface area contributed by atoms with Crippen molar-refractivity contribution >= 4 is 39.7 Å². The van der Waals surface area contributed by atoms with Gasteiger partial charge in [0.05, 0.1) is 20.7 Å². The summed E-state index contributed by atoms with van der Waals surface area (Å²) in [5.74, 6) is 1.66. The number of ether oxygens (including phenoxy) is 1. The molecular weight excluding hydrogens is 373 g/mol. The van der Waals surface area contributed by atoms with Crippen LogP contribution in [0.1, 0.15) is 18.2 Å². The Labute approximate surface area is 130 Å². The number of hydrogen-bond donors (Lipinski definition) is 1. The second-order valence-corrected chi connectivity index (χ2v) is 6.05. The molecular formula is C13H16IN3OS. The zero-order valence-electron chi connectivity index (χ0n) is 11.2. The van der Waals surface area contributed by atoms with E-state index < -0.39 is 0 Å². The number of nitrogens with one attached hydrogen (secondary N) is 1. The van der Waals surface area contributed by atoms with Crippen molar-refractivity contribution in [1.29, 1.82) is 0 Å². The van der Waals surface area contributed by atoms with E-state index in [2.05, 4.69) is 63.2 Å². The maximum Gasteiger partial charge on any atom is 0.172 e. The lowest BCUT2D eigenvalue weighted by atomic mass is 10.2. The van der Waals surface area contributed by atoms with E-state index in [-0.39, 0.29) is 0 Å². The van der Waals surface area contributed by atoms with Crippen LogP contribution >= 0.6 is 33.9 Å². The van der Waals surface area contributed by atoms with E-state index in [1.54, 1.807) is 18.4 Å². The molecule has 0 radical (unpaired) electrons. The molecule has 2 aromatic heterocycles. The van der Waals surface area contributed by atoms with E-state index in [1.807, 2.05) is 0 Å². The van der Waals surface area contributed by atoms with E-state index in [1.165, 1.54) is 5.56 Å². The van der Waals surface area contributed by atoms with Crippen molar-refractivity contribution in [2.24, 2.45) is 0 Å². The van der Waals surface area contributed by atoms with Crippen LogP contribution < -0.4 is 5.32 Å². The number of halogens is 1. The highest BCUT2D eigenvalue weighted by atomic mass is 127. The van der Waals surface area contributed by atoms with Gasteiger partial charge in [0.2, 0.25) is 0 Å². The summed E-state index contributed by atoms with van der Waals surface area (Å²) in [5.41, 5.74) is 2.13. The number of rotatable bonds is 5. The predicted octanol–water partition coefficient (Wildman–Crippen LogP) is 3.70. The van der Waals surface area contributed by atoms with Gasteiger partial charge in [0, 0.05) is 13.7 Å². The first-order valence-corrected chi connectivity index (χ1v) is 7.96. The van der Waals surface area contributed by atoms with Gasteiger partial charge in [-0.05, 0) is 53.4 Å². The van der Waals surface area contributed by atoms with Crippen LogP contribution in [-0.4, -0.2) is 23.6 Å². The van der Waals surface area contributed by atoms with Gasteiger partial charge in [0.25, 0.3) is 0 Å². The Kier molecular flexibility index (Phi) is 5.12. The molecule has 0 saturated heterocycles. The van der Waals surface area contributed by atoms with Gasteiger partial charge in [-0.1, -0.05) is 0 Å². The Morgan fingerprint density at radius 1 is 1.42 bits per heavy atom. The van der Waals surface area contributed by atoms with Crippen LogP contribution in [0.5, 0.6) is 0 Å². The molecule has 19 heavy (non-hydrogen) atoms. The number of hydrogen-bond acceptors (Lipinski definition) is 5. The topological polar surface area (TPSA) is 47.0 Å². The van der Waals surface area contributed by atoms with Gasteiger partial charge in [0.1, 0.15) is 5.82 Å². The molecule has 0 atom stereocenters. The Balaban J connectivity index is 2.52. The second kappa shape index (κ2) is 6.62. The Morgan fingerprint density at radius 2 is 2.21 bits per heavy atom. The first kappa shape index (κ1) is 14.7. The maximum absolute atomic E-state index is 5.22. The molecule has 0 fully saturated rings. The number of anilines is 1. The summed E-state index contributed by atoms with van der Waals surface area (Å²) in [6.45, 7) is 5.47. The first-order chi connectivity index (χ1) is 9.17. The number of aromatic nitrogens is 2. The maximum atomic E-state index is 5.22. The highest BCUT2D eigenvalue weighted by Crippen LogP contribution is 2.29. The molecule has 1 N–H and O–H groups in total. The van der Waals surface area contributed by atoms with Crippen molar-refractivity contribution < 1.29 is 4.74 Å². The smallest absolute Gasteiger partial charge is 0.172 e. The van der Waals surface area contributed by atoms with Crippen LogP contribution in [0, 0.1) is 10.5 Å². The third-order valence-electron chi connectivity index (χ3n) is 2.61. The predicted molar refractivity (Wildman–Crippen MR) is 87.7 cm³/mol. The van der Waals surface area contributed by atoms with Crippen molar-refractivity contribution in [3.8, 4) is 10.7 Å². The minimum Gasteiger partial charge on any atom is -0.378 e. The fraction of sp³-hybridized carbons (Fsp3) is 0.385. The third-order valence-corrected chi connectivity index (χ3v) is 4.76. The van der Waals surface area contributed by atoms with E-state index >= 15 is 0 Å². The zero-order valence-corrected chi connectivity index (χ0v) is 14.1. The molecule has 0 unspecified atom stereocenters. The van der Waals surface area contributed by atoms with Gasteiger partial charge < -0.3 is 10.1 Å². The number of methoxy groups -OCH3 is 1. The van der Waals surface area contributed by atoms with Gasteiger partial charge in [-0.15, -0.1) is 11.3 Å². The second-order valence-electron chi connectivity index (χ2n) is 4.05. The lowest BCUT2D eigenvalue weighted by molar-refractivity contribution is 0.181. The molecule has 0 saturated carbocycles. The normalized spacial score (nSPS) is 10.7. The van der Waals surface area contributed by atoms with Crippen molar-refractivity contribution in [2.45, 2.75) is 20.5 Å². The monoisotopic (exact) mass is 389 g/mol. The fourth-order valence-electron chi connectivity index (χ4n) is 1.71. The van der Waals surface area contributed by atoms with Gasteiger partial charge in [-0.25, -0.2) is 9.97 Å². The van der Waals surface area contributed by atoms with Gasteiger partial charge in [0.15, 0.2) is 5.82 Å². The summed E-state index contributed by atoms with van der Waals surface area (Å²) in [7, 11) is 1.68. The number of nitrogens with zero attached hydrogens (tertiary/aromatic N) is 2. The molecule has 0 spiro atoms. The average Bonchev–Trinajstić information content (AvgIpc) is 2.81. The highest BCUT2D eigenvalue weighted by Gasteiger charge is 2.14. The summed E-state index contributed by atoms with van der Waals surface area (Å²) in [6, 6.07) is 2.09. The minimum atomic E-state index is 0.497. The SMILES string of the molecule is CCNc1nc(-c2sccc2C)nc(COC)c1I. The molecule has 6 heteroatoms. The summed E-state index contributed by atoms with van der Waals surface area (Å²) in [4.78, 5) is 10.4. The van der Waals surface area contributed by atoms with E-state index in [4.69, 9.17) is 4.74 Å². The lowest BCUT2D eigenvalue weighted by Crippen LogP contribution is -2.08. The van der Waals surface area contributed by atoms with E-state index in [0.717, 1.165) is 32.3 Å². The molecule has 0 aromatic carbocycles. The molecule has 0 aliphatic rings. The van der Waals surface area contributed by atoms with Crippen LogP contribution in [0.3, 0.4) is 0 Å². The summed E-state index contributed by atoms with van der Waals surface area (Å²) < 4.78 is 6.25. The fourth-order valence-corrected chi connectivity index (χ4v) is 3.16. The molecule has 0 aliphatic carbocycles. The van der Waals surface area contributed by atoms with Crippen LogP contribution in [-0.2, 0) is 11.3 Å². The molecule has 0 aliphatic heterocycles. The van der Waals surface area contributed by atoms with Gasteiger partial charge >= 0.3 is 0 Å². The largest absolute Gasteiger partial charge is 0.378 e. The number of thiophene rings is 1. The zero-order chi connectivity index (χ0) is 13.8. The molecule has 2 heterocycles. The summed E-state index contributed by atoms with van der Waals surface area (Å²) >= 11 is 3.93. The van der Waals surface area contributed by atoms with Crippen LogP contribution in [0.2, 0.25) is 0 Å². The molecule has 0 amide bonds. The molecule has 102 valence electrons. The Hall–Kier alpha value is -0.730. The first-order valence-electron chi connectivity index (χ1n) is 6.01. The summed E-state index contributed by atoms with van der Waals surface area (Å²) in [5, 5.41) is 5.35. The molecule has 2 rings (SSSR count). The van der Waals surface area contributed by atoms with Crippen molar-refractivity contribution in [3.05, 3.63) is 26.3 Å². The molecule has 0 bridgehead atoms. The Morgan fingerprint density at radius 3 is 2.79 bits per heavy atom.